The third-order valence-electron chi connectivity index (χ3n) is 4.89. The van der Waals surface area contributed by atoms with Gasteiger partial charge < -0.3 is 15.8 Å². The van der Waals surface area contributed by atoms with Crippen LogP contribution in [0.4, 0.5) is 0 Å². The summed E-state index contributed by atoms with van der Waals surface area (Å²) in [5, 5.41) is 3.20. The predicted octanol–water partition coefficient (Wildman–Crippen LogP) is 1.22. The van der Waals surface area contributed by atoms with Crippen LogP contribution >= 0.6 is 12.4 Å². The van der Waals surface area contributed by atoms with E-state index in [-0.39, 0.29) is 18.3 Å². The molecule has 1 heterocycles. The molecule has 104 valence electrons. The van der Waals surface area contributed by atoms with Crippen LogP contribution in [0.2, 0.25) is 0 Å². The molecule has 3 atom stereocenters. The van der Waals surface area contributed by atoms with Crippen LogP contribution in [0.5, 0.6) is 0 Å². The molecule has 3 aliphatic rings. The lowest BCUT2D eigenvalue weighted by molar-refractivity contribution is -0.130. The Morgan fingerprint density at radius 3 is 2.50 bits per heavy atom. The second-order valence-electron chi connectivity index (χ2n) is 6.02. The van der Waals surface area contributed by atoms with E-state index in [9.17, 15) is 4.79 Å². The molecule has 18 heavy (non-hydrogen) atoms. The van der Waals surface area contributed by atoms with Gasteiger partial charge in [-0.1, -0.05) is 6.42 Å². The maximum absolute atomic E-state index is 12.3. The van der Waals surface area contributed by atoms with Crippen LogP contribution in [0.25, 0.3) is 0 Å². The minimum atomic E-state index is -0.680. The first kappa shape index (κ1) is 14.1. The molecule has 0 aromatic heterocycles. The summed E-state index contributed by atoms with van der Waals surface area (Å²) in [6.07, 6.45) is 6.43. The Labute approximate surface area is 114 Å². The fourth-order valence-electron chi connectivity index (χ4n) is 3.70. The number of carbonyl (C=O) groups excluding carboxylic acids is 1. The number of ether oxygens (including phenoxy) is 1. The van der Waals surface area contributed by atoms with Gasteiger partial charge in [0.2, 0.25) is 5.91 Å². The number of amides is 1. The molecule has 5 heteroatoms. The highest BCUT2D eigenvalue weighted by Crippen LogP contribution is 2.44. The Kier molecular flexibility index (Phi) is 4.19. The average molecular weight is 275 g/mol. The summed E-state index contributed by atoms with van der Waals surface area (Å²) in [6, 6.07) is 0.393. The maximum atomic E-state index is 12.3. The van der Waals surface area contributed by atoms with Gasteiger partial charge in [0, 0.05) is 19.3 Å². The van der Waals surface area contributed by atoms with E-state index >= 15 is 0 Å². The first-order valence-corrected chi connectivity index (χ1v) is 6.85. The zero-order valence-corrected chi connectivity index (χ0v) is 11.5. The normalized spacial score (nSPS) is 37.1. The van der Waals surface area contributed by atoms with E-state index in [1.165, 1.54) is 25.7 Å². The van der Waals surface area contributed by atoms with Crippen LogP contribution in [-0.2, 0) is 9.53 Å². The van der Waals surface area contributed by atoms with Crippen LogP contribution in [0.3, 0.4) is 0 Å². The predicted molar refractivity (Wildman–Crippen MR) is 71.6 cm³/mol. The second-order valence-corrected chi connectivity index (χ2v) is 6.02. The van der Waals surface area contributed by atoms with Crippen LogP contribution < -0.4 is 11.1 Å². The zero-order chi connectivity index (χ0) is 11.9. The van der Waals surface area contributed by atoms with E-state index in [0.29, 0.717) is 38.0 Å². The summed E-state index contributed by atoms with van der Waals surface area (Å²) < 4.78 is 5.27. The fraction of sp³-hybridized carbons (Fsp3) is 0.923. The molecule has 4 nitrogen and oxygen atoms in total. The molecule has 1 aliphatic heterocycles. The van der Waals surface area contributed by atoms with Gasteiger partial charge in [-0.05, 0) is 43.9 Å². The topological polar surface area (TPSA) is 64.4 Å². The van der Waals surface area contributed by atoms with Crippen molar-refractivity contribution in [3.05, 3.63) is 0 Å². The van der Waals surface area contributed by atoms with Crippen molar-refractivity contribution >= 4 is 18.3 Å². The molecular formula is C13H23ClN2O2. The summed E-state index contributed by atoms with van der Waals surface area (Å²) in [6.45, 7) is 1.22. The third kappa shape index (κ3) is 2.51. The molecule has 0 aromatic rings. The number of rotatable bonds is 2. The Hall–Kier alpha value is -0.320. The second kappa shape index (κ2) is 5.35. The van der Waals surface area contributed by atoms with Gasteiger partial charge in [0.25, 0.3) is 0 Å². The summed E-state index contributed by atoms with van der Waals surface area (Å²) in [5.41, 5.74) is 5.51. The average Bonchev–Trinajstić information content (AvgIpc) is 2.92. The van der Waals surface area contributed by atoms with Crippen molar-refractivity contribution in [2.75, 3.05) is 13.2 Å². The van der Waals surface area contributed by atoms with E-state index in [4.69, 9.17) is 10.5 Å². The maximum Gasteiger partial charge on any atom is 0.240 e. The van der Waals surface area contributed by atoms with Crippen molar-refractivity contribution in [3.63, 3.8) is 0 Å². The molecule has 1 saturated heterocycles. The summed E-state index contributed by atoms with van der Waals surface area (Å²) >= 11 is 0. The molecular weight excluding hydrogens is 252 g/mol. The molecule has 0 spiro atoms. The SMILES string of the molecule is Cl.NC1(C(=O)NC2CC3CCC2C3)CCOCC1. The summed E-state index contributed by atoms with van der Waals surface area (Å²) in [4.78, 5) is 12.3. The molecule has 2 aliphatic carbocycles. The number of hydrogen-bond acceptors (Lipinski definition) is 3. The molecule has 0 radical (unpaired) electrons. The number of halogens is 1. The number of nitrogens with two attached hydrogens (primary N) is 1. The summed E-state index contributed by atoms with van der Waals surface area (Å²) in [7, 11) is 0. The standard InChI is InChI=1S/C13H22N2O2.ClH/c14-13(3-5-17-6-4-13)12(16)15-11-8-9-1-2-10(11)7-9;/h9-11H,1-8,14H2,(H,15,16);1H. The van der Waals surface area contributed by atoms with Crippen LogP contribution in [0.15, 0.2) is 0 Å². The Morgan fingerprint density at radius 2 is 1.94 bits per heavy atom. The number of carbonyl (C=O) groups is 1. The molecule has 0 aromatic carbocycles. The number of hydrogen-bond donors (Lipinski definition) is 2. The highest BCUT2D eigenvalue weighted by Gasteiger charge is 2.43. The lowest BCUT2D eigenvalue weighted by atomic mass is 9.88. The van der Waals surface area contributed by atoms with E-state index in [1.54, 1.807) is 0 Å². The van der Waals surface area contributed by atoms with Gasteiger partial charge in [-0.2, -0.15) is 0 Å². The smallest absolute Gasteiger partial charge is 0.240 e. The van der Waals surface area contributed by atoms with E-state index in [0.717, 1.165) is 5.92 Å². The zero-order valence-electron chi connectivity index (χ0n) is 10.7. The van der Waals surface area contributed by atoms with Gasteiger partial charge in [-0.15, -0.1) is 12.4 Å². The molecule has 3 unspecified atom stereocenters. The van der Waals surface area contributed by atoms with Gasteiger partial charge in [0.05, 0.1) is 5.54 Å². The Bertz CT molecular complexity index is 318. The molecule has 2 saturated carbocycles. The monoisotopic (exact) mass is 274 g/mol. The first-order chi connectivity index (χ1) is 8.17. The van der Waals surface area contributed by atoms with Crippen LogP contribution in [0, 0.1) is 11.8 Å². The van der Waals surface area contributed by atoms with E-state index in [2.05, 4.69) is 5.32 Å². The van der Waals surface area contributed by atoms with E-state index < -0.39 is 5.54 Å². The quantitative estimate of drug-likeness (QED) is 0.796. The van der Waals surface area contributed by atoms with E-state index in [1.807, 2.05) is 0 Å². The minimum absolute atomic E-state index is 0. The highest BCUT2D eigenvalue weighted by atomic mass is 35.5. The highest BCUT2D eigenvalue weighted by molar-refractivity contribution is 5.86. The molecule has 3 rings (SSSR count). The number of fused-ring (bicyclic) bond motifs is 2. The van der Waals surface area contributed by atoms with Gasteiger partial charge >= 0.3 is 0 Å². The van der Waals surface area contributed by atoms with Crippen molar-refractivity contribution < 1.29 is 9.53 Å². The van der Waals surface area contributed by atoms with Crippen molar-refractivity contribution in [3.8, 4) is 0 Å². The van der Waals surface area contributed by atoms with Crippen molar-refractivity contribution in [1.29, 1.82) is 0 Å². The lowest BCUT2D eigenvalue weighted by Gasteiger charge is -2.34. The van der Waals surface area contributed by atoms with Gasteiger partial charge in [0.15, 0.2) is 0 Å². The van der Waals surface area contributed by atoms with Crippen molar-refractivity contribution in [2.24, 2.45) is 17.6 Å². The van der Waals surface area contributed by atoms with Gasteiger partial charge in [-0.3, -0.25) is 4.79 Å². The van der Waals surface area contributed by atoms with Crippen LogP contribution in [-0.4, -0.2) is 30.7 Å². The van der Waals surface area contributed by atoms with Crippen LogP contribution in [0.1, 0.15) is 38.5 Å². The largest absolute Gasteiger partial charge is 0.381 e. The van der Waals surface area contributed by atoms with Gasteiger partial charge in [0.1, 0.15) is 0 Å². The molecule has 3 fully saturated rings. The molecule has 1 amide bonds. The first-order valence-electron chi connectivity index (χ1n) is 6.85. The van der Waals surface area contributed by atoms with Gasteiger partial charge in [-0.25, -0.2) is 0 Å². The molecule has 2 bridgehead atoms. The Balaban J connectivity index is 0.00000120. The lowest BCUT2D eigenvalue weighted by Crippen LogP contribution is -2.59. The Morgan fingerprint density at radius 1 is 1.22 bits per heavy atom. The van der Waals surface area contributed by atoms with Crippen molar-refractivity contribution in [2.45, 2.75) is 50.1 Å². The number of nitrogens with one attached hydrogen (secondary N) is 1. The summed E-state index contributed by atoms with van der Waals surface area (Å²) in [5.74, 6) is 1.62. The minimum Gasteiger partial charge on any atom is -0.381 e. The molecule has 3 N–H and O–H groups in total. The fourth-order valence-corrected chi connectivity index (χ4v) is 3.70. The van der Waals surface area contributed by atoms with Crippen molar-refractivity contribution in [1.82, 2.24) is 5.32 Å². The third-order valence-corrected chi connectivity index (χ3v) is 4.89.